The van der Waals surface area contributed by atoms with E-state index in [1.165, 1.54) is 24.5 Å². The number of pyridine rings is 1. The lowest BCUT2D eigenvalue weighted by molar-refractivity contribution is -0.384. The van der Waals surface area contributed by atoms with Gasteiger partial charge in [0.05, 0.1) is 11.1 Å². The first-order valence-electron chi connectivity index (χ1n) is 6.28. The summed E-state index contributed by atoms with van der Waals surface area (Å²) >= 11 is 5.82. The second kappa shape index (κ2) is 6.36. The fourth-order valence-corrected chi connectivity index (χ4v) is 2.02. The van der Waals surface area contributed by atoms with Crippen LogP contribution >= 0.6 is 11.6 Å². The number of aromatic nitrogens is 2. The Kier molecular flexibility index (Phi) is 4.54. The highest BCUT2D eigenvalue weighted by atomic mass is 35.5. The summed E-state index contributed by atoms with van der Waals surface area (Å²) in [6, 6.07) is 4.33. The van der Waals surface area contributed by atoms with Crippen molar-refractivity contribution in [1.82, 2.24) is 9.55 Å². The van der Waals surface area contributed by atoms with E-state index in [-0.39, 0.29) is 11.4 Å². The third-order valence-electron chi connectivity index (χ3n) is 2.75. The molecule has 0 aliphatic rings. The maximum absolute atomic E-state index is 12.2. The number of hydrogen-bond donors (Lipinski definition) is 1. The molecule has 0 aliphatic carbocycles. The minimum Gasteiger partial charge on any atom is -0.337 e. The normalized spacial score (nSPS) is 10.4. The van der Waals surface area contributed by atoms with E-state index in [9.17, 15) is 14.9 Å². The molecule has 0 fully saturated rings. The highest BCUT2D eigenvalue weighted by Crippen LogP contribution is 2.19. The summed E-state index contributed by atoms with van der Waals surface area (Å²) in [5.41, 5.74) is 0.0954. The zero-order chi connectivity index (χ0) is 15.4. The van der Waals surface area contributed by atoms with Crippen molar-refractivity contribution in [3.05, 3.63) is 51.4 Å². The quantitative estimate of drug-likeness (QED) is 0.678. The second-order valence-electron chi connectivity index (χ2n) is 4.35. The van der Waals surface area contributed by atoms with Crippen LogP contribution in [0.25, 0.3) is 0 Å². The smallest absolute Gasteiger partial charge is 0.287 e. The Labute approximate surface area is 125 Å². The first-order chi connectivity index (χ1) is 10.0. The van der Waals surface area contributed by atoms with Gasteiger partial charge in [0.1, 0.15) is 11.5 Å². The maximum Gasteiger partial charge on any atom is 0.287 e. The summed E-state index contributed by atoms with van der Waals surface area (Å²) in [6.45, 7) is 2.44. The molecule has 0 spiro atoms. The van der Waals surface area contributed by atoms with Gasteiger partial charge in [0.25, 0.3) is 11.6 Å². The number of nitro groups is 1. The minimum atomic E-state index is -0.527. The van der Waals surface area contributed by atoms with E-state index in [4.69, 9.17) is 11.6 Å². The number of aryl methyl sites for hydroxylation is 1. The zero-order valence-electron chi connectivity index (χ0n) is 11.2. The van der Waals surface area contributed by atoms with Crippen LogP contribution in [-0.4, -0.2) is 20.4 Å². The van der Waals surface area contributed by atoms with Crippen molar-refractivity contribution in [2.24, 2.45) is 0 Å². The van der Waals surface area contributed by atoms with Crippen molar-refractivity contribution in [2.75, 3.05) is 5.32 Å². The van der Waals surface area contributed by atoms with E-state index in [0.717, 1.165) is 6.42 Å². The van der Waals surface area contributed by atoms with Gasteiger partial charge in [-0.05, 0) is 18.6 Å². The van der Waals surface area contributed by atoms with Gasteiger partial charge in [-0.15, -0.1) is 0 Å². The zero-order valence-corrected chi connectivity index (χ0v) is 12.0. The molecule has 0 saturated carbocycles. The van der Waals surface area contributed by atoms with Crippen LogP contribution in [0, 0.1) is 10.1 Å². The highest BCUT2D eigenvalue weighted by molar-refractivity contribution is 6.30. The van der Waals surface area contributed by atoms with E-state index < -0.39 is 10.8 Å². The molecule has 8 heteroatoms. The largest absolute Gasteiger partial charge is 0.337 e. The second-order valence-corrected chi connectivity index (χ2v) is 4.78. The molecule has 0 radical (unpaired) electrons. The molecule has 2 rings (SSSR count). The van der Waals surface area contributed by atoms with Crippen LogP contribution in [0.4, 0.5) is 11.5 Å². The fourth-order valence-electron chi connectivity index (χ4n) is 1.86. The van der Waals surface area contributed by atoms with Crippen LogP contribution in [0.1, 0.15) is 23.8 Å². The number of nitrogens with zero attached hydrogens (tertiary/aromatic N) is 3. The van der Waals surface area contributed by atoms with Crippen LogP contribution < -0.4 is 5.32 Å². The molecule has 110 valence electrons. The third-order valence-corrected chi connectivity index (χ3v) is 2.99. The summed E-state index contributed by atoms with van der Waals surface area (Å²) in [6.07, 6.45) is 3.57. The molecule has 2 heterocycles. The molecule has 2 aromatic heterocycles. The monoisotopic (exact) mass is 308 g/mol. The van der Waals surface area contributed by atoms with E-state index in [2.05, 4.69) is 10.3 Å². The predicted octanol–water partition coefficient (Wildman–Crippen LogP) is 3.11. The summed E-state index contributed by atoms with van der Waals surface area (Å²) in [7, 11) is 0. The van der Waals surface area contributed by atoms with Crippen LogP contribution in [-0.2, 0) is 6.54 Å². The van der Waals surface area contributed by atoms with Crippen molar-refractivity contribution in [3.63, 3.8) is 0 Å². The van der Waals surface area contributed by atoms with Crippen LogP contribution in [0.3, 0.4) is 0 Å². The predicted molar refractivity (Wildman–Crippen MR) is 78.6 cm³/mol. The van der Waals surface area contributed by atoms with Crippen LogP contribution in [0.15, 0.2) is 30.6 Å². The number of carbonyl (C=O) groups is 1. The van der Waals surface area contributed by atoms with Gasteiger partial charge in [-0.2, -0.15) is 0 Å². The van der Waals surface area contributed by atoms with Gasteiger partial charge in [-0.3, -0.25) is 14.9 Å². The Morgan fingerprint density at radius 1 is 1.52 bits per heavy atom. The number of amides is 1. The average Bonchev–Trinajstić information content (AvgIpc) is 2.83. The molecule has 0 unspecified atom stereocenters. The van der Waals surface area contributed by atoms with Gasteiger partial charge in [0.15, 0.2) is 0 Å². The topological polar surface area (TPSA) is 90.1 Å². The van der Waals surface area contributed by atoms with Crippen molar-refractivity contribution in [2.45, 2.75) is 19.9 Å². The average molecular weight is 309 g/mol. The van der Waals surface area contributed by atoms with Gasteiger partial charge < -0.3 is 9.88 Å². The van der Waals surface area contributed by atoms with Crippen molar-refractivity contribution >= 4 is 29.0 Å². The summed E-state index contributed by atoms with van der Waals surface area (Å²) in [4.78, 5) is 26.5. The number of halogens is 1. The Hall–Kier alpha value is -2.41. The van der Waals surface area contributed by atoms with Gasteiger partial charge in [0.2, 0.25) is 0 Å². The first-order valence-corrected chi connectivity index (χ1v) is 6.66. The molecule has 1 N–H and O–H groups in total. The number of nitrogens with one attached hydrogen (secondary N) is 1. The Balaban J connectivity index is 2.27. The first kappa shape index (κ1) is 15.0. The number of anilines is 1. The summed E-state index contributed by atoms with van der Waals surface area (Å²) in [5.74, 6) is -0.175. The van der Waals surface area contributed by atoms with Crippen LogP contribution in [0.5, 0.6) is 0 Å². The van der Waals surface area contributed by atoms with E-state index >= 15 is 0 Å². The third kappa shape index (κ3) is 3.57. The maximum atomic E-state index is 12.2. The van der Waals surface area contributed by atoms with E-state index in [0.29, 0.717) is 17.4 Å². The molecule has 0 saturated heterocycles. The number of carbonyl (C=O) groups excluding carboxylic acids is 1. The molecular weight excluding hydrogens is 296 g/mol. The van der Waals surface area contributed by atoms with Crippen molar-refractivity contribution in [1.29, 1.82) is 0 Å². The van der Waals surface area contributed by atoms with Crippen molar-refractivity contribution < 1.29 is 9.72 Å². The van der Waals surface area contributed by atoms with E-state index in [1.54, 1.807) is 10.6 Å². The summed E-state index contributed by atoms with van der Waals surface area (Å²) in [5, 5.41) is 13.8. The highest BCUT2D eigenvalue weighted by Gasteiger charge is 2.19. The molecule has 7 nitrogen and oxygen atoms in total. The Morgan fingerprint density at radius 3 is 2.90 bits per heavy atom. The molecule has 0 aromatic carbocycles. The molecule has 21 heavy (non-hydrogen) atoms. The van der Waals surface area contributed by atoms with Gasteiger partial charge in [0, 0.05) is 23.8 Å². The Morgan fingerprint density at radius 2 is 2.29 bits per heavy atom. The standard InChI is InChI=1S/C13H13ClN4O3/c1-2-5-17-8-10(18(20)21)7-11(17)13(19)16-12-6-9(14)3-4-15-12/h3-4,6-8H,2,5H2,1H3,(H,15,16,19). The molecule has 1 amide bonds. The molecule has 0 bridgehead atoms. The molecular formula is C13H13ClN4O3. The van der Waals surface area contributed by atoms with Gasteiger partial charge in [-0.25, -0.2) is 4.98 Å². The fraction of sp³-hybridized carbons (Fsp3) is 0.231. The number of rotatable bonds is 5. The lowest BCUT2D eigenvalue weighted by Gasteiger charge is -2.07. The Bertz CT molecular complexity index is 684. The molecule has 0 aliphatic heterocycles. The van der Waals surface area contributed by atoms with E-state index in [1.807, 2.05) is 6.92 Å². The minimum absolute atomic E-state index is 0.118. The summed E-state index contributed by atoms with van der Waals surface area (Å²) < 4.78 is 1.55. The number of hydrogen-bond acceptors (Lipinski definition) is 4. The van der Waals surface area contributed by atoms with Crippen molar-refractivity contribution in [3.8, 4) is 0 Å². The van der Waals surface area contributed by atoms with Crippen LogP contribution in [0.2, 0.25) is 5.02 Å². The van der Waals surface area contributed by atoms with Gasteiger partial charge >= 0.3 is 0 Å². The molecule has 2 aromatic rings. The lowest BCUT2D eigenvalue weighted by Crippen LogP contribution is -2.17. The van der Waals surface area contributed by atoms with Gasteiger partial charge in [-0.1, -0.05) is 18.5 Å². The SMILES string of the molecule is CCCn1cc([N+](=O)[O-])cc1C(=O)Nc1cc(Cl)ccn1. The lowest BCUT2D eigenvalue weighted by atomic mass is 10.3. The molecule has 0 atom stereocenters.